The molecule has 1 heterocycles. The topological polar surface area (TPSA) is 67.0 Å². The Morgan fingerprint density at radius 1 is 1.60 bits per heavy atom. The van der Waals surface area contributed by atoms with E-state index in [1.165, 1.54) is 6.07 Å². The molecule has 0 unspecified atom stereocenters. The second kappa shape index (κ2) is 5.50. The van der Waals surface area contributed by atoms with Crippen LogP contribution in [0.3, 0.4) is 0 Å². The van der Waals surface area contributed by atoms with E-state index in [1.54, 1.807) is 6.92 Å². The number of aromatic amines is 1. The summed E-state index contributed by atoms with van der Waals surface area (Å²) in [6.45, 7) is 7.10. The van der Waals surface area contributed by atoms with Crippen LogP contribution in [0.1, 0.15) is 19.7 Å². The van der Waals surface area contributed by atoms with Gasteiger partial charge in [0.25, 0.3) is 5.56 Å². The largest absolute Gasteiger partial charge is 0.476 e. The number of hydrogen-bond donors (Lipinski definition) is 2. The van der Waals surface area contributed by atoms with Crippen LogP contribution in [0.25, 0.3) is 0 Å². The first kappa shape index (κ1) is 11.7. The van der Waals surface area contributed by atoms with E-state index in [-0.39, 0.29) is 5.56 Å². The summed E-state index contributed by atoms with van der Waals surface area (Å²) in [4.78, 5) is 17.7. The number of aryl methyl sites for hydroxylation is 1. The SMILES string of the molecule is Cc1nc(OCCNC(C)C)cc(=O)[nH]1. The minimum absolute atomic E-state index is 0.186. The molecular formula is C10H17N3O2. The van der Waals surface area contributed by atoms with Gasteiger partial charge in [0, 0.05) is 12.6 Å². The first-order chi connectivity index (χ1) is 7.08. The van der Waals surface area contributed by atoms with Crippen LogP contribution in [0.15, 0.2) is 10.9 Å². The fourth-order valence-corrected chi connectivity index (χ4v) is 1.13. The van der Waals surface area contributed by atoms with E-state index in [9.17, 15) is 4.79 Å². The molecule has 5 nitrogen and oxygen atoms in total. The Kier molecular flexibility index (Phi) is 4.30. The molecule has 0 radical (unpaired) electrons. The van der Waals surface area contributed by atoms with E-state index in [4.69, 9.17) is 4.74 Å². The van der Waals surface area contributed by atoms with Gasteiger partial charge in [0.05, 0.1) is 6.07 Å². The quantitative estimate of drug-likeness (QED) is 0.694. The van der Waals surface area contributed by atoms with E-state index < -0.39 is 0 Å². The molecule has 0 bridgehead atoms. The zero-order valence-corrected chi connectivity index (χ0v) is 9.33. The average molecular weight is 211 g/mol. The highest BCUT2D eigenvalue weighted by Gasteiger charge is 1.98. The summed E-state index contributed by atoms with van der Waals surface area (Å²) in [7, 11) is 0. The summed E-state index contributed by atoms with van der Waals surface area (Å²) in [6.07, 6.45) is 0. The molecule has 1 rings (SSSR count). The van der Waals surface area contributed by atoms with Gasteiger partial charge in [-0.05, 0) is 6.92 Å². The van der Waals surface area contributed by atoms with E-state index in [2.05, 4.69) is 29.1 Å². The van der Waals surface area contributed by atoms with Gasteiger partial charge < -0.3 is 15.0 Å². The molecule has 0 aliphatic carbocycles. The Hall–Kier alpha value is -1.36. The smallest absolute Gasteiger partial charge is 0.254 e. The van der Waals surface area contributed by atoms with Crippen molar-refractivity contribution in [1.82, 2.24) is 15.3 Å². The van der Waals surface area contributed by atoms with E-state index >= 15 is 0 Å². The lowest BCUT2D eigenvalue weighted by Gasteiger charge is -2.08. The molecule has 1 aromatic rings. The van der Waals surface area contributed by atoms with Gasteiger partial charge in [0.15, 0.2) is 0 Å². The zero-order chi connectivity index (χ0) is 11.3. The van der Waals surface area contributed by atoms with Crippen molar-refractivity contribution in [3.8, 4) is 5.88 Å². The second-order valence-electron chi connectivity index (χ2n) is 3.63. The normalized spacial score (nSPS) is 10.7. The monoisotopic (exact) mass is 211 g/mol. The van der Waals surface area contributed by atoms with Gasteiger partial charge in [0.2, 0.25) is 5.88 Å². The lowest BCUT2D eigenvalue weighted by molar-refractivity contribution is 0.296. The summed E-state index contributed by atoms with van der Waals surface area (Å²) in [6, 6.07) is 1.78. The Morgan fingerprint density at radius 2 is 2.33 bits per heavy atom. The predicted octanol–water partition coefficient (Wildman–Crippen LogP) is 0.455. The zero-order valence-electron chi connectivity index (χ0n) is 9.33. The molecule has 1 aromatic heterocycles. The maximum atomic E-state index is 11.1. The van der Waals surface area contributed by atoms with Crippen molar-refractivity contribution in [1.29, 1.82) is 0 Å². The van der Waals surface area contributed by atoms with Crippen LogP contribution in [-0.4, -0.2) is 29.2 Å². The molecular weight excluding hydrogens is 194 g/mol. The molecule has 84 valence electrons. The number of rotatable bonds is 5. The third kappa shape index (κ3) is 4.60. The molecule has 0 aliphatic heterocycles. The summed E-state index contributed by atoms with van der Waals surface area (Å²) in [5.74, 6) is 0.941. The van der Waals surface area contributed by atoms with E-state index in [1.807, 2.05) is 0 Å². The molecule has 0 saturated heterocycles. The van der Waals surface area contributed by atoms with Crippen molar-refractivity contribution in [3.63, 3.8) is 0 Å². The van der Waals surface area contributed by atoms with Crippen LogP contribution in [0.4, 0.5) is 0 Å². The van der Waals surface area contributed by atoms with Gasteiger partial charge in [-0.25, -0.2) is 4.98 Å². The highest BCUT2D eigenvalue weighted by Crippen LogP contribution is 2.00. The third-order valence-electron chi connectivity index (χ3n) is 1.74. The lowest BCUT2D eigenvalue weighted by atomic mass is 10.4. The van der Waals surface area contributed by atoms with Gasteiger partial charge >= 0.3 is 0 Å². The third-order valence-corrected chi connectivity index (χ3v) is 1.74. The molecule has 0 saturated carbocycles. The van der Waals surface area contributed by atoms with Gasteiger partial charge in [-0.1, -0.05) is 13.8 Å². The average Bonchev–Trinajstić information content (AvgIpc) is 2.10. The van der Waals surface area contributed by atoms with Crippen molar-refractivity contribution in [2.75, 3.05) is 13.2 Å². The molecule has 2 N–H and O–H groups in total. The second-order valence-corrected chi connectivity index (χ2v) is 3.63. The summed E-state index contributed by atoms with van der Waals surface area (Å²) in [5.41, 5.74) is -0.186. The van der Waals surface area contributed by atoms with Gasteiger partial charge in [-0.3, -0.25) is 4.79 Å². The van der Waals surface area contributed by atoms with Crippen LogP contribution < -0.4 is 15.6 Å². The molecule has 5 heteroatoms. The van der Waals surface area contributed by atoms with Crippen LogP contribution in [0.2, 0.25) is 0 Å². The summed E-state index contributed by atoms with van der Waals surface area (Å²) >= 11 is 0. The van der Waals surface area contributed by atoms with Crippen molar-refractivity contribution in [2.45, 2.75) is 26.8 Å². The fraction of sp³-hybridized carbons (Fsp3) is 0.600. The van der Waals surface area contributed by atoms with E-state index in [0.29, 0.717) is 24.4 Å². The number of aromatic nitrogens is 2. The van der Waals surface area contributed by atoms with Gasteiger partial charge in [-0.15, -0.1) is 0 Å². The molecule has 0 amide bonds. The Labute approximate surface area is 88.9 Å². The highest BCUT2D eigenvalue weighted by molar-refractivity contribution is 5.07. The van der Waals surface area contributed by atoms with Crippen LogP contribution in [0, 0.1) is 6.92 Å². The van der Waals surface area contributed by atoms with Crippen LogP contribution >= 0.6 is 0 Å². The van der Waals surface area contributed by atoms with Gasteiger partial charge in [0.1, 0.15) is 12.4 Å². The number of nitrogens with one attached hydrogen (secondary N) is 2. The van der Waals surface area contributed by atoms with Crippen molar-refractivity contribution in [2.24, 2.45) is 0 Å². The number of nitrogens with zero attached hydrogens (tertiary/aromatic N) is 1. The van der Waals surface area contributed by atoms with Gasteiger partial charge in [-0.2, -0.15) is 0 Å². The Balaban J connectivity index is 2.40. The van der Waals surface area contributed by atoms with Crippen LogP contribution in [-0.2, 0) is 0 Å². The summed E-state index contributed by atoms with van der Waals surface area (Å²) in [5, 5.41) is 3.21. The summed E-state index contributed by atoms with van der Waals surface area (Å²) < 4.78 is 5.32. The first-order valence-electron chi connectivity index (χ1n) is 5.02. The molecule has 15 heavy (non-hydrogen) atoms. The lowest BCUT2D eigenvalue weighted by Crippen LogP contribution is -2.27. The number of hydrogen-bond acceptors (Lipinski definition) is 4. The highest BCUT2D eigenvalue weighted by atomic mass is 16.5. The fourth-order valence-electron chi connectivity index (χ4n) is 1.13. The first-order valence-corrected chi connectivity index (χ1v) is 5.02. The van der Waals surface area contributed by atoms with Crippen molar-refractivity contribution >= 4 is 0 Å². The van der Waals surface area contributed by atoms with E-state index in [0.717, 1.165) is 6.54 Å². The number of ether oxygens (including phenoxy) is 1. The number of H-pyrrole nitrogens is 1. The minimum atomic E-state index is -0.186. The molecule has 0 aliphatic rings. The standard InChI is InChI=1S/C10H17N3O2/c1-7(2)11-4-5-15-10-6-9(14)12-8(3)13-10/h6-7,11H,4-5H2,1-3H3,(H,12,13,14). The maximum Gasteiger partial charge on any atom is 0.254 e. The van der Waals surface area contributed by atoms with Crippen molar-refractivity contribution < 1.29 is 4.74 Å². The van der Waals surface area contributed by atoms with Crippen molar-refractivity contribution in [3.05, 3.63) is 22.2 Å². The Bertz CT molecular complexity index is 360. The minimum Gasteiger partial charge on any atom is -0.476 e. The van der Waals surface area contributed by atoms with Crippen LogP contribution in [0.5, 0.6) is 5.88 Å². The molecule has 0 atom stereocenters. The Morgan fingerprint density at radius 3 is 2.93 bits per heavy atom. The maximum absolute atomic E-state index is 11.1. The molecule has 0 spiro atoms. The molecule has 0 fully saturated rings. The molecule has 0 aromatic carbocycles. The predicted molar refractivity (Wildman–Crippen MR) is 58.2 cm³/mol.